The molecule has 0 heterocycles. The Morgan fingerprint density at radius 3 is 1.10 bits per heavy atom. The minimum absolute atomic E-state index is 0.0204. The fourth-order valence-corrected chi connectivity index (χ4v) is 5.82. The van der Waals surface area contributed by atoms with Gasteiger partial charge < -0.3 is 0 Å². The highest BCUT2D eigenvalue weighted by Crippen LogP contribution is 2.61. The number of allylic oxidation sites excluding steroid dienone is 6. The second kappa shape index (κ2) is 8.00. The van der Waals surface area contributed by atoms with E-state index in [0.717, 1.165) is 0 Å². The zero-order chi connectivity index (χ0) is 21.3. The van der Waals surface area contributed by atoms with Crippen LogP contribution in [0.4, 0.5) is 0 Å². The molecule has 0 aliphatic heterocycles. The normalized spacial score (nSPS) is 42.9. The van der Waals surface area contributed by atoms with Crippen molar-refractivity contribution in [1.29, 1.82) is 0 Å². The molecule has 0 fully saturated rings. The van der Waals surface area contributed by atoms with Gasteiger partial charge >= 0.3 is 7.82 Å². The van der Waals surface area contributed by atoms with E-state index < -0.39 is 24.6 Å². The number of hydrogen-bond acceptors (Lipinski definition) is 4. The Bertz CT molecular complexity index is 742. The standard InChI is InChI=1S/C24H33O4P/c1-19-13-7-10-16-22(19,4)26-29(25,27-23(5)17-11-8-14-20(23)2)28-24(6)18-12-9-15-21(24)3/h7-21H,1-6H3. The average Bonchev–Trinajstić information content (AvgIpc) is 2.62. The molecule has 0 saturated heterocycles. The number of phosphoric ester groups is 1. The molecule has 3 aliphatic carbocycles. The van der Waals surface area contributed by atoms with Gasteiger partial charge in [-0.15, -0.1) is 0 Å². The van der Waals surface area contributed by atoms with Crippen molar-refractivity contribution in [2.24, 2.45) is 17.8 Å². The van der Waals surface area contributed by atoms with Crippen LogP contribution in [0.25, 0.3) is 0 Å². The third-order valence-electron chi connectivity index (χ3n) is 6.45. The first kappa shape index (κ1) is 22.2. The lowest BCUT2D eigenvalue weighted by molar-refractivity contribution is -0.0439. The molecule has 0 N–H and O–H groups in total. The third kappa shape index (κ3) is 4.67. The van der Waals surface area contributed by atoms with Gasteiger partial charge in [0.05, 0.1) is 0 Å². The van der Waals surface area contributed by atoms with Gasteiger partial charge in [-0.2, -0.15) is 0 Å². The summed E-state index contributed by atoms with van der Waals surface area (Å²) in [6, 6.07) is 0. The van der Waals surface area contributed by atoms with Crippen LogP contribution in [0, 0.1) is 17.8 Å². The quantitative estimate of drug-likeness (QED) is 0.452. The van der Waals surface area contributed by atoms with Crippen LogP contribution in [0.2, 0.25) is 0 Å². The molecule has 6 unspecified atom stereocenters. The molecule has 0 amide bonds. The van der Waals surface area contributed by atoms with Crippen molar-refractivity contribution in [2.75, 3.05) is 0 Å². The van der Waals surface area contributed by atoms with Gasteiger partial charge in [0.25, 0.3) is 0 Å². The highest BCUT2D eigenvalue weighted by molar-refractivity contribution is 7.48. The van der Waals surface area contributed by atoms with Gasteiger partial charge in [0.15, 0.2) is 0 Å². The Morgan fingerprint density at radius 1 is 0.586 bits per heavy atom. The van der Waals surface area contributed by atoms with Gasteiger partial charge in [-0.25, -0.2) is 4.57 Å². The second-order valence-electron chi connectivity index (χ2n) is 8.87. The van der Waals surface area contributed by atoms with E-state index in [1.165, 1.54) is 0 Å². The SMILES string of the molecule is CC1C=CC=CC1(C)OP(=O)(OC1(C)C=CC=CC1C)OC1(C)C=CC=CC1C. The Balaban J connectivity index is 1.96. The molecule has 0 aromatic rings. The maximum atomic E-state index is 14.2. The fraction of sp³-hybridized carbons (Fsp3) is 0.500. The molecule has 29 heavy (non-hydrogen) atoms. The summed E-state index contributed by atoms with van der Waals surface area (Å²) in [6.45, 7) is 11.9. The maximum Gasteiger partial charge on any atom is 0.477 e. The largest absolute Gasteiger partial charge is 0.477 e. The molecule has 158 valence electrons. The van der Waals surface area contributed by atoms with E-state index >= 15 is 0 Å². The van der Waals surface area contributed by atoms with Crippen molar-refractivity contribution < 1.29 is 18.1 Å². The van der Waals surface area contributed by atoms with E-state index in [4.69, 9.17) is 13.6 Å². The van der Waals surface area contributed by atoms with Gasteiger partial charge in [0.2, 0.25) is 0 Å². The minimum atomic E-state index is -3.99. The number of rotatable bonds is 6. The third-order valence-corrected chi connectivity index (χ3v) is 8.30. The summed E-state index contributed by atoms with van der Waals surface area (Å²) in [5.41, 5.74) is -2.40. The van der Waals surface area contributed by atoms with Crippen LogP contribution in [-0.2, 0) is 18.1 Å². The van der Waals surface area contributed by atoms with Gasteiger partial charge in [-0.3, -0.25) is 13.6 Å². The fourth-order valence-electron chi connectivity index (χ4n) is 3.58. The van der Waals surface area contributed by atoms with Gasteiger partial charge in [0.1, 0.15) is 16.8 Å². The monoisotopic (exact) mass is 416 g/mol. The zero-order valence-corrected chi connectivity index (χ0v) is 19.1. The maximum absolute atomic E-state index is 14.2. The topological polar surface area (TPSA) is 44.8 Å². The summed E-state index contributed by atoms with van der Waals surface area (Å²) in [5, 5.41) is 0. The lowest BCUT2D eigenvalue weighted by Crippen LogP contribution is -2.41. The summed E-state index contributed by atoms with van der Waals surface area (Å²) in [5.74, 6) is 0.0613. The molecule has 5 heteroatoms. The highest BCUT2D eigenvalue weighted by Gasteiger charge is 2.49. The predicted molar refractivity (Wildman–Crippen MR) is 118 cm³/mol. The van der Waals surface area contributed by atoms with Crippen molar-refractivity contribution in [1.82, 2.24) is 0 Å². The molecule has 0 bridgehead atoms. The van der Waals surface area contributed by atoms with Crippen molar-refractivity contribution >= 4 is 7.82 Å². The summed E-state index contributed by atoms with van der Waals surface area (Å²) >= 11 is 0. The van der Waals surface area contributed by atoms with E-state index in [0.29, 0.717) is 0 Å². The number of hydrogen-bond donors (Lipinski definition) is 0. The molecule has 3 aliphatic rings. The Hall–Kier alpha value is -1.45. The molecule has 0 radical (unpaired) electrons. The molecule has 0 aromatic carbocycles. The van der Waals surface area contributed by atoms with E-state index in [-0.39, 0.29) is 17.8 Å². The molecular formula is C24H33O4P. The molecule has 0 aromatic heterocycles. The van der Waals surface area contributed by atoms with E-state index in [2.05, 4.69) is 0 Å². The molecule has 6 atom stereocenters. The van der Waals surface area contributed by atoms with Crippen LogP contribution in [0.15, 0.2) is 72.9 Å². The first-order chi connectivity index (χ1) is 13.5. The Labute approximate surface area is 175 Å². The summed E-state index contributed by atoms with van der Waals surface area (Å²) < 4.78 is 33.0. The zero-order valence-electron chi connectivity index (χ0n) is 18.2. The lowest BCUT2D eigenvalue weighted by atomic mass is 9.87. The van der Waals surface area contributed by atoms with Crippen LogP contribution >= 0.6 is 7.82 Å². The van der Waals surface area contributed by atoms with Gasteiger partial charge in [0, 0.05) is 17.8 Å². The van der Waals surface area contributed by atoms with Crippen molar-refractivity contribution in [3.05, 3.63) is 72.9 Å². The van der Waals surface area contributed by atoms with Crippen molar-refractivity contribution in [3.63, 3.8) is 0 Å². The predicted octanol–water partition coefficient (Wildman–Crippen LogP) is 6.71. The molecular weight excluding hydrogens is 383 g/mol. The second-order valence-corrected chi connectivity index (χ2v) is 10.3. The number of phosphoric acid groups is 1. The Kier molecular flexibility index (Phi) is 6.13. The smallest absolute Gasteiger partial charge is 0.276 e. The van der Waals surface area contributed by atoms with E-state index in [1.807, 2.05) is 114 Å². The average molecular weight is 416 g/mol. The molecule has 3 rings (SSSR count). The van der Waals surface area contributed by atoms with Crippen LogP contribution < -0.4 is 0 Å². The summed E-state index contributed by atoms with van der Waals surface area (Å²) in [7, 11) is -3.99. The first-order valence-electron chi connectivity index (χ1n) is 10.3. The Morgan fingerprint density at radius 2 is 0.862 bits per heavy atom. The van der Waals surface area contributed by atoms with Crippen LogP contribution in [0.1, 0.15) is 41.5 Å². The van der Waals surface area contributed by atoms with Crippen molar-refractivity contribution in [3.8, 4) is 0 Å². The van der Waals surface area contributed by atoms with Crippen LogP contribution in [-0.4, -0.2) is 16.8 Å². The minimum Gasteiger partial charge on any atom is -0.276 e. The first-order valence-corrected chi connectivity index (χ1v) is 11.8. The summed E-state index contributed by atoms with van der Waals surface area (Å²) in [6.07, 6.45) is 23.5. The summed E-state index contributed by atoms with van der Waals surface area (Å²) in [4.78, 5) is 0. The van der Waals surface area contributed by atoms with E-state index in [9.17, 15) is 4.57 Å². The van der Waals surface area contributed by atoms with Gasteiger partial charge in [-0.1, -0.05) is 93.7 Å². The highest BCUT2D eigenvalue weighted by atomic mass is 31.2. The van der Waals surface area contributed by atoms with Crippen molar-refractivity contribution in [2.45, 2.75) is 58.3 Å². The molecule has 0 spiro atoms. The molecule has 4 nitrogen and oxygen atoms in total. The molecule has 0 saturated carbocycles. The lowest BCUT2D eigenvalue weighted by Gasteiger charge is -2.43. The van der Waals surface area contributed by atoms with Crippen LogP contribution in [0.3, 0.4) is 0 Å². The van der Waals surface area contributed by atoms with Crippen LogP contribution in [0.5, 0.6) is 0 Å². The van der Waals surface area contributed by atoms with E-state index in [1.54, 1.807) is 0 Å². The van der Waals surface area contributed by atoms with Gasteiger partial charge in [-0.05, 0) is 20.8 Å².